The van der Waals surface area contributed by atoms with E-state index < -0.39 is 0 Å². The summed E-state index contributed by atoms with van der Waals surface area (Å²) in [5, 5.41) is 12.8. The van der Waals surface area contributed by atoms with Crippen molar-refractivity contribution in [3.05, 3.63) is 41.3 Å². The summed E-state index contributed by atoms with van der Waals surface area (Å²) in [4.78, 5) is 17.2. The standard InChI is InChI=1S/C18H19FN2O2/c19-12-3-4-15-13(7-12)14(8-16(21-15)11-1-2-11)17(23)20-9-18(10-22)5-6-18/h3-4,7-8,11,22H,1-2,5-6,9-10H2,(H,20,23). The molecule has 23 heavy (non-hydrogen) atoms. The molecule has 2 fully saturated rings. The summed E-state index contributed by atoms with van der Waals surface area (Å²) in [6, 6.07) is 6.17. The lowest BCUT2D eigenvalue weighted by molar-refractivity contribution is 0.0936. The molecule has 0 aliphatic heterocycles. The first-order valence-corrected chi connectivity index (χ1v) is 8.09. The molecule has 4 rings (SSSR count). The van der Waals surface area contributed by atoms with Crippen LogP contribution < -0.4 is 5.32 Å². The molecule has 2 aliphatic rings. The lowest BCUT2D eigenvalue weighted by atomic mass is 10.0. The number of benzene rings is 1. The summed E-state index contributed by atoms with van der Waals surface area (Å²) in [6.07, 6.45) is 4.05. The second kappa shape index (κ2) is 5.27. The van der Waals surface area contributed by atoms with Crippen LogP contribution in [0.1, 0.15) is 47.7 Å². The molecule has 1 aromatic heterocycles. The molecule has 0 spiro atoms. The summed E-state index contributed by atoms with van der Waals surface area (Å²) >= 11 is 0. The fraction of sp³-hybridized carbons (Fsp3) is 0.444. The molecule has 2 aliphatic carbocycles. The van der Waals surface area contributed by atoms with Gasteiger partial charge in [0.25, 0.3) is 5.91 Å². The van der Waals surface area contributed by atoms with E-state index in [-0.39, 0.29) is 23.7 Å². The van der Waals surface area contributed by atoms with Crippen molar-refractivity contribution >= 4 is 16.8 Å². The van der Waals surface area contributed by atoms with E-state index >= 15 is 0 Å². The maximum Gasteiger partial charge on any atom is 0.252 e. The molecule has 0 bridgehead atoms. The number of pyridine rings is 1. The zero-order chi connectivity index (χ0) is 16.0. The molecule has 5 heteroatoms. The molecule has 2 saturated carbocycles. The first-order valence-electron chi connectivity index (χ1n) is 8.09. The molecule has 0 saturated heterocycles. The van der Waals surface area contributed by atoms with Gasteiger partial charge in [-0.2, -0.15) is 0 Å². The van der Waals surface area contributed by atoms with Crippen LogP contribution in [0.15, 0.2) is 24.3 Å². The van der Waals surface area contributed by atoms with Gasteiger partial charge in [0.2, 0.25) is 0 Å². The van der Waals surface area contributed by atoms with Gasteiger partial charge in [-0.3, -0.25) is 9.78 Å². The predicted molar refractivity (Wildman–Crippen MR) is 84.8 cm³/mol. The van der Waals surface area contributed by atoms with Crippen molar-refractivity contribution in [2.45, 2.75) is 31.6 Å². The minimum absolute atomic E-state index is 0.0896. The Morgan fingerprint density at radius 1 is 1.35 bits per heavy atom. The van der Waals surface area contributed by atoms with Gasteiger partial charge >= 0.3 is 0 Å². The Balaban J connectivity index is 1.68. The van der Waals surface area contributed by atoms with E-state index in [1.807, 2.05) is 0 Å². The first-order chi connectivity index (χ1) is 11.1. The first kappa shape index (κ1) is 14.6. The van der Waals surface area contributed by atoms with Crippen molar-refractivity contribution in [3.8, 4) is 0 Å². The Hall–Kier alpha value is -2.01. The van der Waals surface area contributed by atoms with Crippen molar-refractivity contribution < 1.29 is 14.3 Å². The van der Waals surface area contributed by atoms with Gasteiger partial charge in [0.1, 0.15) is 5.82 Å². The van der Waals surface area contributed by atoms with E-state index in [2.05, 4.69) is 10.3 Å². The van der Waals surface area contributed by atoms with E-state index in [0.29, 0.717) is 28.9 Å². The maximum atomic E-state index is 13.6. The second-order valence-corrected chi connectivity index (χ2v) is 6.87. The number of amides is 1. The molecule has 0 unspecified atom stereocenters. The van der Waals surface area contributed by atoms with Gasteiger partial charge < -0.3 is 10.4 Å². The normalized spacial score (nSPS) is 18.9. The highest BCUT2D eigenvalue weighted by Gasteiger charge is 2.42. The topological polar surface area (TPSA) is 62.2 Å². The minimum Gasteiger partial charge on any atom is -0.396 e. The largest absolute Gasteiger partial charge is 0.396 e. The van der Waals surface area contributed by atoms with E-state index in [4.69, 9.17) is 0 Å². The fourth-order valence-electron chi connectivity index (χ4n) is 2.93. The smallest absolute Gasteiger partial charge is 0.252 e. The molecular weight excluding hydrogens is 295 g/mol. The van der Waals surface area contributed by atoms with Gasteiger partial charge in [-0.05, 0) is 49.9 Å². The van der Waals surface area contributed by atoms with Gasteiger partial charge in [0.05, 0.1) is 17.7 Å². The third-order valence-corrected chi connectivity index (χ3v) is 4.95. The average molecular weight is 314 g/mol. The Morgan fingerprint density at radius 2 is 2.13 bits per heavy atom. The molecule has 1 amide bonds. The molecular formula is C18H19FN2O2. The highest BCUT2D eigenvalue weighted by atomic mass is 19.1. The van der Waals surface area contributed by atoms with Gasteiger partial charge in [0.15, 0.2) is 0 Å². The van der Waals surface area contributed by atoms with Crippen molar-refractivity contribution in [3.63, 3.8) is 0 Å². The highest BCUT2D eigenvalue weighted by molar-refractivity contribution is 6.06. The number of nitrogens with zero attached hydrogens (tertiary/aromatic N) is 1. The molecule has 2 N–H and O–H groups in total. The van der Waals surface area contributed by atoms with Crippen LogP contribution in [0.3, 0.4) is 0 Å². The van der Waals surface area contributed by atoms with Crippen LogP contribution in [0.5, 0.6) is 0 Å². The molecule has 2 aromatic rings. The van der Waals surface area contributed by atoms with Crippen LogP contribution >= 0.6 is 0 Å². The number of rotatable bonds is 5. The molecule has 4 nitrogen and oxygen atoms in total. The average Bonchev–Trinajstić information content (AvgIpc) is 3.46. The van der Waals surface area contributed by atoms with Crippen molar-refractivity contribution in [1.29, 1.82) is 0 Å². The minimum atomic E-state index is -0.374. The molecule has 120 valence electrons. The fourth-order valence-corrected chi connectivity index (χ4v) is 2.93. The number of aliphatic hydroxyl groups excluding tert-OH is 1. The van der Waals surface area contributed by atoms with Crippen molar-refractivity contribution in [1.82, 2.24) is 10.3 Å². The predicted octanol–water partition coefficient (Wildman–Crippen LogP) is 2.75. The number of aliphatic hydroxyl groups is 1. The van der Waals surface area contributed by atoms with Crippen molar-refractivity contribution in [2.75, 3.05) is 13.2 Å². The number of fused-ring (bicyclic) bond motifs is 1. The molecule has 1 heterocycles. The van der Waals surface area contributed by atoms with E-state index in [9.17, 15) is 14.3 Å². The Bertz CT molecular complexity index is 782. The molecule has 0 radical (unpaired) electrons. The van der Waals surface area contributed by atoms with Crippen LogP contribution in [0, 0.1) is 11.2 Å². The van der Waals surface area contributed by atoms with Gasteiger partial charge in [-0.25, -0.2) is 4.39 Å². The molecule has 0 atom stereocenters. The third kappa shape index (κ3) is 2.81. The van der Waals surface area contributed by atoms with E-state index in [1.165, 1.54) is 12.1 Å². The monoisotopic (exact) mass is 314 g/mol. The zero-order valence-electron chi connectivity index (χ0n) is 12.8. The SMILES string of the molecule is O=C(NCC1(CO)CC1)c1cc(C2CC2)nc2ccc(F)cc12. The van der Waals surface area contributed by atoms with Crippen LogP contribution in [0.2, 0.25) is 0 Å². The van der Waals surface area contributed by atoms with Crippen LogP contribution in [0.25, 0.3) is 10.9 Å². The summed E-state index contributed by atoms with van der Waals surface area (Å²) in [5.74, 6) is -0.172. The number of hydrogen-bond donors (Lipinski definition) is 2. The van der Waals surface area contributed by atoms with Crippen LogP contribution in [-0.2, 0) is 0 Å². The number of nitrogens with one attached hydrogen (secondary N) is 1. The number of halogens is 1. The lowest BCUT2D eigenvalue weighted by Gasteiger charge is -2.14. The third-order valence-electron chi connectivity index (χ3n) is 4.95. The molecule has 1 aromatic carbocycles. The highest BCUT2D eigenvalue weighted by Crippen LogP contribution is 2.44. The van der Waals surface area contributed by atoms with Gasteiger partial charge in [-0.1, -0.05) is 0 Å². The van der Waals surface area contributed by atoms with Crippen LogP contribution in [-0.4, -0.2) is 29.1 Å². The maximum absolute atomic E-state index is 13.6. The summed E-state index contributed by atoms with van der Waals surface area (Å²) in [6.45, 7) is 0.548. The number of aromatic nitrogens is 1. The number of hydrogen-bond acceptors (Lipinski definition) is 3. The summed E-state index contributed by atoms with van der Waals surface area (Å²) < 4.78 is 13.6. The van der Waals surface area contributed by atoms with Crippen molar-refractivity contribution in [2.24, 2.45) is 5.41 Å². The number of carbonyl (C=O) groups is 1. The summed E-state index contributed by atoms with van der Waals surface area (Å²) in [7, 11) is 0. The van der Waals surface area contributed by atoms with E-state index in [1.54, 1.807) is 12.1 Å². The number of carbonyl (C=O) groups excluding carboxylic acids is 1. The van der Waals surface area contributed by atoms with E-state index in [0.717, 1.165) is 31.4 Å². The summed E-state index contributed by atoms with van der Waals surface area (Å²) in [5.41, 5.74) is 1.90. The van der Waals surface area contributed by atoms with Crippen LogP contribution in [0.4, 0.5) is 4.39 Å². The van der Waals surface area contributed by atoms with Gasteiger partial charge in [-0.15, -0.1) is 0 Å². The quantitative estimate of drug-likeness (QED) is 0.892. The zero-order valence-corrected chi connectivity index (χ0v) is 12.8. The second-order valence-electron chi connectivity index (χ2n) is 6.87. The van der Waals surface area contributed by atoms with Gasteiger partial charge in [0, 0.05) is 29.0 Å². The Labute approximate surface area is 133 Å². The Morgan fingerprint density at radius 3 is 2.78 bits per heavy atom. The lowest BCUT2D eigenvalue weighted by Crippen LogP contribution is -2.32. The Kier molecular flexibility index (Phi) is 3.34.